The van der Waals surface area contributed by atoms with Gasteiger partial charge in [-0.15, -0.1) is 0 Å². The largest absolute Gasteiger partial charge is 0.383 e. The number of amides is 2. The molecule has 5 nitrogen and oxygen atoms in total. The highest BCUT2D eigenvalue weighted by molar-refractivity contribution is 5.74. The molecule has 2 aromatic rings. The molecule has 1 aromatic carbocycles. The van der Waals surface area contributed by atoms with E-state index in [4.69, 9.17) is 4.74 Å². The van der Waals surface area contributed by atoms with Gasteiger partial charge in [0.2, 0.25) is 0 Å². The Hall–Kier alpha value is -2.40. The van der Waals surface area contributed by atoms with Crippen molar-refractivity contribution in [2.75, 3.05) is 13.7 Å². The van der Waals surface area contributed by atoms with Crippen molar-refractivity contribution in [1.82, 2.24) is 15.6 Å². The second-order valence-electron chi connectivity index (χ2n) is 5.97. The van der Waals surface area contributed by atoms with Gasteiger partial charge in [0.1, 0.15) is 0 Å². The summed E-state index contributed by atoms with van der Waals surface area (Å²) in [5, 5.41) is 5.89. The number of aryl methyl sites for hydroxylation is 1. The molecule has 0 aliphatic rings. The fourth-order valence-corrected chi connectivity index (χ4v) is 2.49. The molecule has 2 rings (SSSR count). The van der Waals surface area contributed by atoms with Crippen molar-refractivity contribution in [2.45, 2.75) is 32.4 Å². The van der Waals surface area contributed by atoms with Gasteiger partial charge in [-0.3, -0.25) is 4.98 Å². The average molecular weight is 327 g/mol. The summed E-state index contributed by atoms with van der Waals surface area (Å²) in [4.78, 5) is 16.6. The lowest BCUT2D eigenvalue weighted by Gasteiger charge is -2.21. The predicted octanol–water partition coefficient (Wildman–Crippen LogP) is 3.01. The van der Waals surface area contributed by atoms with E-state index >= 15 is 0 Å². The van der Waals surface area contributed by atoms with E-state index in [1.807, 2.05) is 25.1 Å². The van der Waals surface area contributed by atoms with Crippen LogP contribution < -0.4 is 10.6 Å². The molecule has 1 aromatic heterocycles. The summed E-state index contributed by atoms with van der Waals surface area (Å²) < 4.78 is 5.05. The van der Waals surface area contributed by atoms with Gasteiger partial charge in [-0.2, -0.15) is 0 Å². The van der Waals surface area contributed by atoms with Gasteiger partial charge in [0.15, 0.2) is 0 Å². The number of nitrogens with one attached hydrogen (secondary N) is 2. The molecule has 0 saturated carbocycles. The number of hydrogen-bond donors (Lipinski definition) is 2. The van der Waals surface area contributed by atoms with Crippen molar-refractivity contribution in [1.29, 1.82) is 0 Å². The summed E-state index contributed by atoms with van der Waals surface area (Å²) in [6.45, 7) is 4.43. The zero-order valence-electron chi connectivity index (χ0n) is 14.5. The monoisotopic (exact) mass is 327 g/mol. The van der Waals surface area contributed by atoms with Crippen LogP contribution in [0.4, 0.5) is 4.79 Å². The molecule has 0 fully saturated rings. The number of methoxy groups -OCH3 is 1. The standard InChI is InChI=1S/C19H25N3O2/c1-14-7-9-16(10-8-14)12-18(17-6-4-5-11-20-17)22-19(23)21-15(2)13-24-3/h4-11,15,18H,12-13H2,1-3H3,(H2,21,22,23)/t15-,18-/m0/s1. The molecule has 0 bridgehead atoms. The number of aromatic nitrogens is 1. The lowest BCUT2D eigenvalue weighted by atomic mass is 10.0. The Morgan fingerprint density at radius 3 is 2.54 bits per heavy atom. The maximum atomic E-state index is 12.3. The number of rotatable bonds is 7. The summed E-state index contributed by atoms with van der Waals surface area (Å²) >= 11 is 0. The summed E-state index contributed by atoms with van der Waals surface area (Å²) in [6.07, 6.45) is 2.42. The Morgan fingerprint density at radius 1 is 1.17 bits per heavy atom. The van der Waals surface area contributed by atoms with Crippen LogP contribution >= 0.6 is 0 Å². The molecule has 2 atom stereocenters. The Kier molecular flexibility index (Phi) is 6.75. The van der Waals surface area contributed by atoms with E-state index in [2.05, 4.69) is 46.8 Å². The normalized spacial score (nSPS) is 13.1. The summed E-state index contributed by atoms with van der Waals surface area (Å²) in [7, 11) is 1.62. The quantitative estimate of drug-likeness (QED) is 0.822. The molecule has 24 heavy (non-hydrogen) atoms. The average Bonchev–Trinajstić information content (AvgIpc) is 2.57. The third kappa shape index (κ3) is 5.66. The molecule has 2 N–H and O–H groups in total. The van der Waals surface area contributed by atoms with Gasteiger partial charge >= 0.3 is 6.03 Å². The number of ether oxygens (including phenoxy) is 1. The van der Waals surface area contributed by atoms with Gasteiger partial charge in [-0.25, -0.2) is 4.79 Å². The third-order valence-electron chi connectivity index (χ3n) is 3.70. The maximum absolute atomic E-state index is 12.3. The number of carbonyl (C=O) groups is 1. The minimum Gasteiger partial charge on any atom is -0.383 e. The topological polar surface area (TPSA) is 63.2 Å². The number of benzene rings is 1. The molecule has 0 aliphatic carbocycles. The Balaban J connectivity index is 2.08. The third-order valence-corrected chi connectivity index (χ3v) is 3.70. The number of pyridine rings is 1. The number of urea groups is 1. The summed E-state index contributed by atoms with van der Waals surface area (Å²) in [5.41, 5.74) is 3.21. The van der Waals surface area contributed by atoms with E-state index in [1.165, 1.54) is 5.56 Å². The van der Waals surface area contributed by atoms with Crippen molar-refractivity contribution >= 4 is 6.03 Å². The van der Waals surface area contributed by atoms with Crippen LogP contribution in [0.2, 0.25) is 0 Å². The molecule has 0 unspecified atom stereocenters. The Morgan fingerprint density at radius 2 is 1.92 bits per heavy atom. The fourth-order valence-electron chi connectivity index (χ4n) is 2.49. The first kappa shape index (κ1) is 17.9. The van der Waals surface area contributed by atoms with Crippen molar-refractivity contribution < 1.29 is 9.53 Å². The predicted molar refractivity (Wildman–Crippen MR) is 94.9 cm³/mol. The molecule has 0 aliphatic heterocycles. The first-order valence-electron chi connectivity index (χ1n) is 8.11. The molecule has 0 saturated heterocycles. The van der Waals surface area contributed by atoms with Gasteiger partial charge in [-0.1, -0.05) is 35.9 Å². The number of hydrogen-bond acceptors (Lipinski definition) is 3. The van der Waals surface area contributed by atoms with E-state index in [0.717, 1.165) is 11.3 Å². The molecule has 5 heteroatoms. The van der Waals surface area contributed by atoms with Crippen molar-refractivity contribution in [2.24, 2.45) is 0 Å². The second-order valence-corrected chi connectivity index (χ2v) is 5.97. The van der Waals surface area contributed by atoms with E-state index in [1.54, 1.807) is 13.3 Å². The maximum Gasteiger partial charge on any atom is 0.315 e. The minimum atomic E-state index is -0.220. The summed E-state index contributed by atoms with van der Waals surface area (Å²) in [5.74, 6) is 0. The highest BCUT2D eigenvalue weighted by Gasteiger charge is 2.17. The zero-order chi connectivity index (χ0) is 17.4. The van der Waals surface area contributed by atoms with Crippen molar-refractivity contribution in [3.8, 4) is 0 Å². The van der Waals surface area contributed by atoms with Crippen LogP contribution in [0.25, 0.3) is 0 Å². The lowest BCUT2D eigenvalue weighted by molar-refractivity contribution is 0.170. The molecule has 1 heterocycles. The molecular formula is C19H25N3O2. The van der Waals surface area contributed by atoms with Crippen molar-refractivity contribution in [3.63, 3.8) is 0 Å². The number of nitrogens with zero attached hydrogens (tertiary/aromatic N) is 1. The fraction of sp³-hybridized carbons (Fsp3) is 0.368. The SMILES string of the molecule is COC[C@H](C)NC(=O)N[C@@H](Cc1ccc(C)cc1)c1ccccn1. The van der Waals surface area contributed by atoms with Crippen LogP contribution in [-0.4, -0.2) is 30.8 Å². The molecule has 0 radical (unpaired) electrons. The highest BCUT2D eigenvalue weighted by Crippen LogP contribution is 2.17. The Labute approximate surface area is 143 Å². The Bertz CT molecular complexity index is 629. The van der Waals surface area contributed by atoms with Crippen LogP contribution in [0, 0.1) is 6.92 Å². The molecule has 128 valence electrons. The molecule has 2 amide bonds. The van der Waals surface area contributed by atoms with Crippen LogP contribution in [0.5, 0.6) is 0 Å². The highest BCUT2D eigenvalue weighted by atomic mass is 16.5. The lowest BCUT2D eigenvalue weighted by Crippen LogP contribution is -2.44. The summed E-state index contributed by atoms with van der Waals surface area (Å²) in [6, 6.07) is 13.6. The first-order chi connectivity index (χ1) is 11.6. The molecular weight excluding hydrogens is 302 g/mol. The molecule has 0 spiro atoms. The van der Waals surface area contributed by atoms with E-state index < -0.39 is 0 Å². The van der Waals surface area contributed by atoms with Crippen LogP contribution in [0.15, 0.2) is 48.7 Å². The van der Waals surface area contributed by atoms with Gasteiger partial charge in [0.25, 0.3) is 0 Å². The van der Waals surface area contributed by atoms with Crippen LogP contribution in [-0.2, 0) is 11.2 Å². The van der Waals surface area contributed by atoms with E-state index in [-0.39, 0.29) is 18.1 Å². The van der Waals surface area contributed by atoms with Gasteiger partial charge in [-0.05, 0) is 38.0 Å². The smallest absolute Gasteiger partial charge is 0.315 e. The minimum absolute atomic E-state index is 0.0567. The second kappa shape index (κ2) is 9.03. The van der Waals surface area contributed by atoms with Gasteiger partial charge < -0.3 is 15.4 Å². The van der Waals surface area contributed by atoms with Crippen LogP contribution in [0.3, 0.4) is 0 Å². The van der Waals surface area contributed by atoms with Crippen LogP contribution in [0.1, 0.15) is 29.8 Å². The van der Waals surface area contributed by atoms with Crippen molar-refractivity contribution in [3.05, 3.63) is 65.5 Å². The van der Waals surface area contributed by atoms with Gasteiger partial charge in [0.05, 0.1) is 24.4 Å². The first-order valence-corrected chi connectivity index (χ1v) is 8.11. The zero-order valence-corrected chi connectivity index (χ0v) is 14.5. The van der Waals surface area contributed by atoms with Gasteiger partial charge in [0, 0.05) is 13.3 Å². The van der Waals surface area contributed by atoms with E-state index in [9.17, 15) is 4.79 Å². The number of carbonyl (C=O) groups excluding carboxylic acids is 1. The van der Waals surface area contributed by atoms with E-state index in [0.29, 0.717) is 13.0 Å².